The van der Waals surface area contributed by atoms with E-state index < -0.39 is 12.2 Å². The van der Waals surface area contributed by atoms with Crippen molar-refractivity contribution in [2.45, 2.75) is 6.43 Å². The van der Waals surface area contributed by atoms with Crippen LogP contribution in [0.4, 0.5) is 24.8 Å². The van der Waals surface area contributed by atoms with Crippen molar-refractivity contribution in [2.75, 3.05) is 11.9 Å². The van der Waals surface area contributed by atoms with Crippen LogP contribution < -0.4 is 4.90 Å². The normalized spacial score (nSPS) is 11.6. The van der Waals surface area contributed by atoms with Crippen molar-refractivity contribution in [3.05, 3.63) is 65.7 Å². The van der Waals surface area contributed by atoms with Gasteiger partial charge in [0, 0.05) is 24.2 Å². The number of alkyl halides is 2. The molecule has 0 spiro atoms. The molecule has 1 aromatic carbocycles. The van der Waals surface area contributed by atoms with Gasteiger partial charge in [-0.1, -0.05) is 0 Å². The molecule has 5 rings (SSSR count). The molecule has 0 bridgehead atoms. The molecule has 12 heteroatoms. The van der Waals surface area contributed by atoms with Gasteiger partial charge < -0.3 is 4.90 Å². The molecule has 0 aliphatic rings. The van der Waals surface area contributed by atoms with Crippen molar-refractivity contribution >= 4 is 39.9 Å². The topological polar surface area (TPSA) is 85.0 Å². The quantitative estimate of drug-likeness (QED) is 0.390. The Balaban J connectivity index is 1.62. The van der Waals surface area contributed by atoms with E-state index in [9.17, 15) is 13.2 Å². The minimum Gasteiger partial charge on any atom is -0.312 e. The summed E-state index contributed by atoms with van der Waals surface area (Å²) in [6, 6.07) is 6.92. The van der Waals surface area contributed by atoms with E-state index in [1.165, 1.54) is 47.3 Å². The first-order valence-corrected chi connectivity index (χ1v) is 9.60. The molecule has 0 N–H and O–H groups in total. The number of anilines is 2. The lowest BCUT2D eigenvalue weighted by molar-refractivity contribution is 0.146. The Morgan fingerprint density at radius 2 is 1.88 bits per heavy atom. The van der Waals surface area contributed by atoms with Gasteiger partial charge in [-0.25, -0.2) is 22.6 Å². The largest absolute Gasteiger partial charge is 0.312 e. The zero-order chi connectivity index (χ0) is 22.4. The average molecular weight is 457 g/mol. The lowest BCUT2D eigenvalue weighted by Crippen LogP contribution is -2.15. The minimum atomic E-state index is -2.66. The Hall–Kier alpha value is -3.86. The molecule has 0 saturated carbocycles. The summed E-state index contributed by atoms with van der Waals surface area (Å²) in [5.41, 5.74) is 1.17. The third kappa shape index (κ3) is 3.36. The lowest BCUT2D eigenvalue weighted by atomic mass is 10.2. The average Bonchev–Trinajstić information content (AvgIpc) is 3.18. The van der Waals surface area contributed by atoms with Crippen LogP contribution in [0, 0.1) is 5.82 Å². The summed E-state index contributed by atoms with van der Waals surface area (Å²) in [5, 5.41) is 8.34. The fourth-order valence-electron chi connectivity index (χ4n) is 3.28. The van der Waals surface area contributed by atoms with Gasteiger partial charge in [0.15, 0.2) is 5.82 Å². The van der Waals surface area contributed by atoms with Gasteiger partial charge in [0.25, 0.3) is 12.2 Å². The summed E-state index contributed by atoms with van der Waals surface area (Å²) < 4.78 is 41.1. The van der Waals surface area contributed by atoms with E-state index in [0.717, 1.165) is 0 Å². The summed E-state index contributed by atoms with van der Waals surface area (Å²) in [6.45, 7) is 0. The van der Waals surface area contributed by atoms with Gasteiger partial charge in [-0.3, -0.25) is 9.97 Å². The third-order valence-electron chi connectivity index (χ3n) is 4.84. The Morgan fingerprint density at radius 3 is 2.62 bits per heavy atom. The molecule has 4 aromatic heterocycles. The van der Waals surface area contributed by atoms with Gasteiger partial charge in [-0.15, -0.1) is 10.2 Å². The van der Waals surface area contributed by atoms with Crippen LogP contribution in [0.2, 0.25) is 5.28 Å². The highest BCUT2D eigenvalue weighted by atomic mass is 35.5. The van der Waals surface area contributed by atoms with Crippen molar-refractivity contribution in [1.82, 2.24) is 34.5 Å². The minimum absolute atomic E-state index is 0.0971. The molecule has 0 unspecified atom stereocenters. The molecule has 32 heavy (non-hydrogen) atoms. The lowest BCUT2D eigenvalue weighted by Gasteiger charge is -2.19. The van der Waals surface area contributed by atoms with Crippen LogP contribution in [-0.4, -0.2) is 41.6 Å². The predicted molar refractivity (Wildman–Crippen MR) is 112 cm³/mol. The highest BCUT2D eigenvalue weighted by molar-refractivity contribution is 6.29. The van der Waals surface area contributed by atoms with E-state index in [2.05, 4.69) is 30.1 Å². The van der Waals surface area contributed by atoms with E-state index in [0.29, 0.717) is 33.8 Å². The van der Waals surface area contributed by atoms with Gasteiger partial charge in [-0.05, 0) is 41.9 Å². The molecule has 0 aliphatic heterocycles. The fraction of sp³-hybridized carbons (Fsp3) is 0.100. The summed E-state index contributed by atoms with van der Waals surface area (Å²) in [4.78, 5) is 18.6. The number of benzene rings is 1. The maximum atomic E-state index is 14.1. The second kappa shape index (κ2) is 7.68. The van der Waals surface area contributed by atoms with E-state index in [-0.39, 0.29) is 16.8 Å². The van der Waals surface area contributed by atoms with Crippen LogP contribution >= 0.6 is 11.6 Å². The molecule has 5 aromatic rings. The molecule has 0 aliphatic carbocycles. The Labute approximate surface area is 183 Å². The first kappa shape index (κ1) is 20.1. The maximum Gasteiger partial charge on any atom is 0.280 e. The SMILES string of the molecule is CN(c1cncc(-c2ccc(C(F)F)nc2)n1)c1nc2nnc(Cl)n2c2ccc(F)cc12. The first-order chi connectivity index (χ1) is 15.4. The van der Waals surface area contributed by atoms with Crippen molar-refractivity contribution < 1.29 is 13.2 Å². The molecular formula is C20H12ClF3N8. The van der Waals surface area contributed by atoms with Crippen LogP contribution in [0.5, 0.6) is 0 Å². The molecule has 0 atom stereocenters. The van der Waals surface area contributed by atoms with Crippen molar-refractivity contribution in [3.8, 4) is 11.3 Å². The molecule has 0 amide bonds. The molecule has 0 radical (unpaired) electrons. The van der Waals surface area contributed by atoms with Crippen LogP contribution in [0.3, 0.4) is 0 Å². The van der Waals surface area contributed by atoms with Crippen molar-refractivity contribution in [1.29, 1.82) is 0 Å². The smallest absolute Gasteiger partial charge is 0.280 e. The summed E-state index contributed by atoms with van der Waals surface area (Å²) in [7, 11) is 1.69. The van der Waals surface area contributed by atoms with E-state index in [1.54, 1.807) is 18.0 Å². The predicted octanol–water partition coefficient (Wildman–Crippen LogP) is 4.63. The fourth-order valence-corrected chi connectivity index (χ4v) is 3.49. The molecule has 8 nitrogen and oxygen atoms in total. The number of aromatic nitrogens is 7. The van der Waals surface area contributed by atoms with Gasteiger partial charge in [0.1, 0.15) is 17.3 Å². The van der Waals surface area contributed by atoms with Gasteiger partial charge in [0.2, 0.25) is 5.28 Å². The van der Waals surface area contributed by atoms with E-state index in [1.807, 2.05) is 0 Å². The molecule has 160 valence electrons. The van der Waals surface area contributed by atoms with Crippen LogP contribution in [0.15, 0.2) is 48.9 Å². The summed E-state index contributed by atoms with van der Waals surface area (Å²) in [6.07, 6.45) is 1.64. The van der Waals surface area contributed by atoms with Crippen LogP contribution in [-0.2, 0) is 0 Å². The number of halogens is 4. The monoisotopic (exact) mass is 456 g/mol. The number of pyridine rings is 1. The molecule has 0 saturated heterocycles. The first-order valence-electron chi connectivity index (χ1n) is 9.22. The second-order valence-electron chi connectivity index (χ2n) is 6.80. The van der Waals surface area contributed by atoms with Gasteiger partial charge in [0.05, 0.1) is 23.6 Å². The van der Waals surface area contributed by atoms with E-state index in [4.69, 9.17) is 11.6 Å². The van der Waals surface area contributed by atoms with Crippen LogP contribution in [0.25, 0.3) is 27.9 Å². The number of hydrogen-bond donors (Lipinski definition) is 0. The number of nitrogens with zero attached hydrogens (tertiary/aromatic N) is 8. The van der Waals surface area contributed by atoms with Crippen molar-refractivity contribution in [3.63, 3.8) is 0 Å². The number of hydrogen-bond acceptors (Lipinski definition) is 7. The maximum absolute atomic E-state index is 14.1. The molecule has 4 heterocycles. The molecule has 0 fully saturated rings. The standard InChI is InChI=1S/C20H12ClF3N8/c1-31(16-9-25-8-14(27-16)10-2-4-13(17(23)24)26-7-10)18-12-6-11(22)3-5-15(12)32-19(21)29-30-20(32)28-18/h2-9,17H,1H3. The van der Waals surface area contributed by atoms with Crippen molar-refractivity contribution in [2.24, 2.45) is 0 Å². The van der Waals surface area contributed by atoms with Gasteiger partial charge >= 0.3 is 0 Å². The second-order valence-corrected chi connectivity index (χ2v) is 7.13. The summed E-state index contributed by atoms with van der Waals surface area (Å²) >= 11 is 6.13. The highest BCUT2D eigenvalue weighted by Gasteiger charge is 2.19. The summed E-state index contributed by atoms with van der Waals surface area (Å²) in [5.74, 6) is 0.511. The Kier molecular flexibility index (Phi) is 4.82. The zero-order valence-corrected chi connectivity index (χ0v) is 17.0. The highest BCUT2D eigenvalue weighted by Crippen LogP contribution is 2.31. The number of fused-ring (bicyclic) bond motifs is 3. The van der Waals surface area contributed by atoms with E-state index >= 15 is 0 Å². The molecular weight excluding hydrogens is 445 g/mol. The number of rotatable bonds is 4. The van der Waals surface area contributed by atoms with Crippen LogP contribution in [0.1, 0.15) is 12.1 Å². The Bertz CT molecular complexity index is 1460. The van der Waals surface area contributed by atoms with Gasteiger partial charge in [-0.2, -0.15) is 4.98 Å². The third-order valence-corrected chi connectivity index (χ3v) is 5.09. The zero-order valence-electron chi connectivity index (χ0n) is 16.3. The Morgan fingerprint density at radius 1 is 1.03 bits per heavy atom.